The van der Waals surface area contributed by atoms with Crippen LogP contribution in [0.3, 0.4) is 0 Å². The Hall–Kier alpha value is -0.830. The van der Waals surface area contributed by atoms with Crippen molar-refractivity contribution in [3.8, 4) is 0 Å². The van der Waals surface area contributed by atoms with Gasteiger partial charge >= 0.3 is 5.97 Å². The van der Waals surface area contributed by atoms with Gasteiger partial charge in [-0.05, 0) is 25.7 Å². The summed E-state index contributed by atoms with van der Waals surface area (Å²) in [5.41, 5.74) is 0.151. The van der Waals surface area contributed by atoms with Gasteiger partial charge in [-0.2, -0.15) is 0 Å². The van der Waals surface area contributed by atoms with Gasteiger partial charge in [-0.15, -0.1) is 0 Å². The fourth-order valence-electron chi connectivity index (χ4n) is 4.34. The number of rotatable bonds is 11. The average molecular weight is 337 g/mol. The maximum atomic E-state index is 12.5. The van der Waals surface area contributed by atoms with Crippen LogP contribution >= 0.6 is 0 Å². The molecule has 1 heterocycles. The Kier molecular flexibility index (Phi) is 7.80. The molecule has 2 fully saturated rings. The summed E-state index contributed by atoms with van der Waals surface area (Å²) in [5, 5.41) is 0. The van der Waals surface area contributed by atoms with E-state index in [0.717, 1.165) is 32.1 Å². The summed E-state index contributed by atoms with van der Waals surface area (Å²) in [5.74, 6) is 0.246. The number of carbonyl (C=O) groups is 1. The third-order valence-electron chi connectivity index (χ3n) is 5.80. The van der Waals surface area contributed by atoms with Gasteiger partial charge < -0.3 is 9.47 Å². The summed E-state index contributed by atoms with van der Waals surface area (Å²) < 4.78 is 11.8. The van der Waals surface area contributed by atoms with Gasteiger partial charge in [0.05, 0.1) is 18.3 Å². The Labute approximate surface area is 148 Å². The second-order valence-corrected chi connectivity index (χ2v) is 7.57. The van der Waals surface area contributed by atoms with E-state index in [1.54, 1.807) is 0 Å². The first kappa shape index (κ1) is 19.5. The third kappa shape index (κ3) is 4.41. The van der Waals surface area contributed by atoms with E-state index in [1.807, 2.05) is 0 Å². The fraction of sp³-hybridized carbons (Fsp3) is 0.857. The average Bonchev–Trinajstić information content (AvgIpc) is 2.58. The molecule has 1 aliphatic heterocycles. The van der Waals surface area contributed by atoms with Gasteiger partial charge in [-0.25, -0.2) is 4.79 Å². The van der Waals surface area contributed by atoms with E-state index in [9.17, 15) is 4.79 Å². The summed E-state index contributed by atoms with van der Waals surface area (Å²) in [6.45, 7) is 9.03. The van der Waals surface area contributed by atoms with Gasteiger partial charge in [0.25, 0.3) is 0 Å². The number of esters is 1. The summed E-state index contributed by atoms with van der Waals surface area (Å²) in [4.78, 5) is 12.5. The number of hydrogen-bond donors (Lipinski definition) is 0. The minimum Gasteiger partial charge on any atom is -0.462 e. The van der Waals surface area contributed by atoms with Crippen LogP contribution in [0, 0.1) is 5.92 Å². The lowest BCUT2D eigenvalue weighted by atomic mass is 9.64. The monoisotopic (exact) mass is 336 g/mol. The quantitative estimate of drug-likeness (QED) is 0.281. The molecule has 0 amide bonds. The van der Waals surface area contributed by atoms with E-state index < -0.39 is 5.60 Å². The Balaban J connectivity index is 1.91. The maximum absolute atomic E-state index is 12.5. The fourth-order valence-corrected chi connectivity index (χ4v) is 4.34. The van der Waals surface area contributed by atoms with Gasteiger partial charge in [0.1, 0.15) is 5.60 Å². The molecular formula is C21H36O3. The number of ether oxygens (including phenoxy) is 2. The van der Waals surface area contributed by atoms with Crippen LogP contribution in [0.25, 0.3) is 0 Å². The van der Waals surface area contributed by atoms with Crippen molar-refractivity contribution in [3.05, 3.63) is 12.2 Å². The molecule has 1 saturated heterocycles. The topological polar surface area (TPSA) is 35.5 Å². The Bertz CT molecular complexity index is 417. The lowest BCUT2D eigenvalue weighted by molar-refractivity contribution is -0.257. The van der Waals surface area contributed by atoms with E-state index in [2.05, 4.69) is 20.4 Å². The molecular weight excluding hydrogens is 300 g/mol. The zero-order valence-corrected chi connectivity index (χ0v) is 15.8. The largest absolute Gasteiger partial charge is 0.462 e. The minimum absolute atomic E-state index is 0.230. The number of carbonyl (C=O) groups excluding carboxylic acids is 1. The highest BCUT2D eigenvalue weighted by atomic mass is 16.6. The Morgan fingerprint density at radius 3 is 2.50 bits per heavy atom. The van der Waals surface area contributed by atoms with Crippen LogP contribution in [0.2, 0.25) is 0 Å². The molecule has 0 aromatic rings. The normalized spacial score (nSPS) is 28.8. The molecule has 2 rings (SSSR count). The smallest absolute Gasteiger partial charge is 0.336 e. The van der Waals surface area contributed by atoms with Crippen LogP contribution in [0.1, 0.15) is 90.9 Å². The molecule has 24 heavy (non-hydrogen) atoms. The molecule has 0 aromatic carbocycles. The van der Waals surface area contributed by atoms with Crippen molar-refractivity contribution in [1.82, 2.24) is 0 Å². The van der Waals surface area contributed by atoms with E-state index in [4.69, 9.17) is 9.47 Å². The number of fused-ring (bicyclic) bond motifs is 1. The van der Waals surface area contributed by atoms with Gasteiger partial charge in [0.2, 0.25) is 0 Å². The van der Waals surface area contributed by atoms with E-state index in [1.165, 1.54) is 44.9 Å². The summed E-state index contributed by atoms with van der Waals surface area (Å²) in [6, 6.07) is 0. The molecule has 1 saturated carbocycles. The van der Waals surface area contributed by atoms with Gasteiger partial charge in [-0.3, -0.25) is 0 Å². The molecule has 0 N–H and O–H groups in total. The summed E-state index contributed by atoms with van der Waals surface area (Å²) in [6.07, 6.45) is 14.0. The molecule has 0 aromatic heterocycles. The predicted octanol–water partition coefficient (Wildman–Crippen LogP) is 5.57. The molecule has 138 valence electrons. The summed E-state index contributed by atoms with van der Waals surface area (Å²) >= 11 is 0. The maximum Gasteiger partial charge on any atom is 0.336 e. The Morgan fingerprint density at radius 2 is 1.79 bits per heavy atom. The van der Waals surface area contributed by atoms with Crippen molar-refractivity contribution in [2.24, 2.45) is 5.92 Å². The highest BCUT2D eigenvalue weighted by Crippen LogP contribution is 2.53. The van der Waals surface area contributed by atoms with Crippen LogP contribution in [0.15, 0.2) is 12.2 Å². The zero-order chi connectivity index (χ0) is 17.4. The first-order valence-electron chi connectivity index (χ1n) is 10.2. The van der Waals surface area contributed by atoms with E-state index in [-0.39, 0.29) is 5.97 Å². The molecule has 0 radical (unpaired) electrons. The molecule has 2 aliphatic rings. The van der Waals surface area contributed by atoms with Crippen molar-refractivity contribution in [2.45, 2.75) is 103 Å². The van der Waals surface area contributed by atoms with Crippen LogP contribution in [0.4, 0.5) is 0 Å². The molecule has 1 aliphatic carbocycles. The lowest BCUT2D eigenvalue weighted by Gasteiger charge is -2.57. The highest BCUT2D eigenvalue weighted by Gasteiger charge is 2.58. The highest BCUT2D eigenvalue weighted by molar-refractivity contribution is 5.90. The van der Waals surface area contributed by atoms with Crippen molar-refractivity contribution < 1.29 is 14.3 Å². The molecule has 3 nitrogen and oxygen atoms in total. The third-order valence-corrected chi connectivity index (χ3v) is 5.80. The minimum atomic E-state index is -0.430. The molecule has 0 bridgehead atoms. The second-order valence-electron chi connectivity index (χ2n) is 7.57. The number of unbranched alkanes of at least 4 members (excludes halogenated alkanes) is 5. The summed E-state index contributed by atoms with van der Waals surface area (Å²) in [7, 11) is 0. The van der Waals surface area contributed by atoms with Gasteiger partial charge in [-0.1, -0.05) is 71.8 Å². The predicted molar refractivity (Wildman–Crippen MR) is 97.9 cm³/mol. The second kappa shape index (κ2) is 9.60. The van der Waals surface area contributed by atoms with Crippen LogP contribution < -0.4 is 0 Å². The zero-order valence-electron chi connectivity index (χ0n) is 15.8. The number of hydrogen-bond acceptors (Lipinski definition) is 3. The molecule has 3 heteroatoms. The van der Waals surface area contributed by atoms with E-state index >= 15 is 0 Å². The van der Waals surface area contributed by atoms with Crippen molar-refractivity contribution >= 4 is 5.97 Å². The molecule has 3 atom stereocenters. The SMILES string of the molecule is C=C(C(=O)OCCCCCC)C1(CCCCC)OC2CCCCC21. The van der Waals surface area contributed by atoms with Crippen molar-refractivity contribution in [2.75, 3.05) is 6.61 Å². The lowest BCUT2D eigenvalue weighted by Crippen LogP contribution is -2.63. The Morgan fingerprint density at radius 1 is 1.08 bits per heavy atom. The van der Waals surface area contributed by atoms with Crippen molar-refractivity contribution in [3.63, 3.8) is 0 Å². The van der Waals surface area contributed by atoms with Crippen molar-refractivity contribution in [1.29, 1.82) is 0 Å². The van der Waals surface area contributed by atoms with Gasteiger partial charge in [0.15, 0.2) is 0 Å². The van der Waals surface area contributed by atoms with Gasteiger partial charge in [0, 0.05) is 5.92 Å². The van der Waals surface area contributed by atoms with Crippen LogP contribution in [-0.4, -0.2) is 24.3 Å². The first-order chi connectivity index (χ1) is 11.7. The molecule has 3 unspecified atom stereocenters. The van der Waals surface area contributed by atoms with Crippen LogP contribution in [-0.2, 0) is 14.3 Å². The first-order valence-corrected chi connectivity index (χ1v) is 10.2. The van der Waals surface area contributed by atoms with E-state index in [0.29, 0.717) is 24.2 Å². The molecule has 0 spiro atoms. The standard InChI is InChI=1S/C21H36O3/c1-4-6-8-12-16-23-20(22)17(3)21(15-11-7-5-2)18-13-9-10-14-19(18)24-21/h18-19H,3-16H2,1-2H3. The van der Waals surface area contributed by atoms with Crippen LogP contribution in [0.5, 0.6) is 0 Å².